The molecule has 3 rings (SSSR count). The van der Waals surface area contributed by atoms with Crippen LogP contribution in [0.25, 0.3) is 0 Å². The van der Waals surface area contributed by atoms with E-state index in [9.17, 15) is 0 Å². The van der Waals surface area contributed by atoms with E-state index in [0.717, 1.165) is 13.0 Å². The fourth-order valence-electron chi connectivity index (χ4n) is 2.55. The summed E-state index contributed by atoms with van der Waals surface area (Å²) in [6.07, 6.45) is 9.95. The highest BCUT2D eigenvalue weighted by Gasteiger charge is 2.22. The molecule has 1 unspecified atom stereocenters. The van der Waals surface area contributed by atoms with Gasteiger partial charge in [-0.25, -0.2) is 0 Å². The second-order valence-electron chi connectivity index (χ2n) is 4.37. The minimum Gasteiger partial charge on any atom is -0.349 e. The number of hydrogen-bond donors (Lipinski definition) is 0. The molecule has 82 valence electrons. The molecule has 2 nitrogen and oxygen atoms in total. The maximum Gasteiger partial charge on any atom is 0.124 e. The Hall–Kier alpha value is -1.57. The number of anilines is 1. The van der Waals surface area contributed by atoms with Gasteiger partial charge in [0.2, 0.25) is 0 Å². The molecule has 2 aliphatic heterocycles. The van der Waals surface area contributed by atoms with Gasteiger partial charge in [0.1, 0.15) is 6.17 Å². The highest BCUT2D eigenvalue weighted by molar-refractivity contribution is 5.72. The molecule has 0 fully saturated rings. The molecule has 0 aliphatic carbocycles. The van der Waals surface area contributed by atoms with Crippen molar-refractivity contribution >= 4 is 11.9 Å². The van der Waals surface area contributed by atoms with E-state index < -0.39 is 0 Å². The zero-order chi connectivity index (χ0) is 10.8. The first-order valence-corrected chi connectivity index (χ1v) is 5.98. The summed E-state index contributed by atoms with van der Waals surface area (Å²) >= 11 is 0. The van der Waals surface area contributed by atoms with E-state index in [-0.39, 0.29) is 0 Å². The van der Waals surface area contributed by atoms with E-state index in [1.807, 2.05) is 12.3 Å². The number of para-hydroxylation sites is 1. The molecule has 2 heterocycles. The quantitative estimate of drug-likeness (QED) is 0.699. The van der Waals surface area contributed by atoms with Crippen LogP contribution in [-0.4, -0.2) is 18.9 Å². The van der Waals surface area contributed by atoms with Crippen LogP contribution in [0, 0.1) is 0 Å². The number of rotatable bonds is 1. The number of benzene rings is 1. The average molecular weight is 212 g/mol. The van der Waals surface area contributed by atoms with Crippen LogP contribution in [0.15, 0.2) is 41.4 Å². The van der Waals surface area contributed by atoms with Crippen molar-refractivity contribution in [1.29, 1.82) is 0 Å². The number of aryl methyl sites for hydroxylation is 1. The molecule has 0 aromatic heterocycles. The van der Waals surface area contributed by atoms with Gasteiger partial charge in [0.15, 0.2) is 0 Å². The normalized spacial score (nSPS) is 23.2. The van der Waals surface area contributed by atoms with E-state index in [2.05, 4.69) is 40.2 Å². The first-order valence-electron chi connectivity index (χ1n) is 5.98. The van der Waals surface area contributed by atoms with Gasteiger partial charge in [-0.05, 0) is 30.5 Å². The largest absolute Gasteiger partial charge is 0.349 e. The lowest BCUT2D eigenvalue weighted by molar-refractivity contribution is 0.580. The van der Waals surface area contributed by atoms with Crippen molar-refractivity contribution in [3.63, 3.8) is 0 Å². The van der Waals surface area contributed by atoms with E-state index in [1.165, 1.54) is 24.1 Å². The molecule has 0 saturated carbocycles. The van der Waals surface area contributed by atoms with Crippen LogP contribution in [0.4, 0.5) is 5.69 Å². The van der Waals surface area contributed by atoms with Crippen LogP contribution in [0.3, 0.4) is 0 Å². The van der Waals surface area contributed by atoms with Crippen molar-refractivity contribution < 1.29 is 0 Å². The van der Waals surface area contributed by atoms with Gasteiger partial charge in [-0.3, -0.25) is 4.99 Å². The van der Waals surface area contributed by atoms with Gasteiger partial charge in [0.05, 0.1) is 0 Å². The van der Waals surface area contributed by atoms with Gasteiger partial charge in [-0.1, -0.05) is 24.3 Å². The second-order valence-corrected chi connectivity index (χ2v) is 4.37. The number of dihydropyridines is 1. The van der Waals surface area contributed by atoms with Gasteiger partial charge in [-0.2, -0.15) is 0 Å². The standard InChI is InChI=1S/C14H16N2/c1-2-8-13-12(6-1)7-5-11-16(13)14-9-3-4-10-15-14/h1-4,6,8,10,14H,5,7,9,11H2. The predicted molar refractivity (Wildman–Crippen MR) is 68.1 cm³/mol. The summed E-state index contributed by atoms with van der Waals surface area (Å²) in [5.41, 5.74) is 2.85. The molecule has 16 heavy (non-hydrogen) atoms. The number of hydrogen-bond acceptors (Lipinski definition) is 2. The third-order valence-corrected chi connectivity index (χ3v) is 3.33. The Morgan fingerprint density at radius 1 is 1.25 bits per heavy atom. The van der Waals surface area contributed by atoms with E-state index in [1.54, 1.807) is 0 Å². The first-order chi connectivity index (χ1) is 7.95. The Balaban J connectivity index is 1.92. The maximum atomic E-state index is 4.57. The van der Waals surface area contributed by atoms with Crippen LogP contribution in [0.1, 0.15) is 18.4 Å². The Bertz CT molecular complexity index is 434. The SMILES string of the molecule is C1=CCC(N2CCCc3ccccc32)N=C1. The minimum absolute atomic E-state index is 0.312. The lowest BCUT2D eigenvalue weighted by Gasteiger charge is -2.36. The van der Waals surface area contributed by atoms with Gasteiger partial charge in [0.25, 0.3) is 0 Å². The second kappa shape index (κ2) is 4.12. The lowest BCUT2D eigenvalue weighted by atomic mass is 10.0. The molecule has 0 radical (unpaired) electrons. The van der Waals surface area contributed by atoms with Gasteiger partial charge in [0, 0.05) is 24.9 Å². The van der Waals surface area contributed by atoms with Gasteiger partial charge < -0.3 is 4.90 Å². The van der Waals surface area contributed by atoms with E-state index in [0.29, 0.717) is 6.17 Å². The topological polar surface area (TPSA) is 15.6 Å². The Morgan fingerprint density at radius 3 is 3.06 bits per heavy atom. The van der Waals surface area contributed by atoms with Gasteiger partial charge in [-0.15, -0.1) is 0 Å². The summed E-state index contributed by atoms with van der Waals surface area (Å²) in [5, 5.41) is 0. The monoisotopic (exact) mass is 212 g/mol. The highest BCUT2D eigenvalue weighted by Crippen LogP contribution is 2.29. The smallest absolute Gasteiger partial charge is 0.124 e. The molecule has 2 heteroatoms. The maximum absolute atomic E-state index is 4.57. The number of nitrogens with zero attached hydrogens (tertiary/aromatic N) is 2. The van der Waals surface area contributed by atoms with Crippen LogP contribution in [0.2, 0.25) is 0 Å². The molecule has 1 aromatic rings. The third-order valence-electron chi connectivity index (χ3n) is 3.33. The molecule has 1 atom stereocenters. The number of aliphatic imine (C=N–C) groups is 1. The van der Waals surface area contributed by atoms with Crippen LogP contribution < -0.4 is 4.90 Å². The number of fused-ring (bicyclic) bond motifs is 1. The molecule has 0 saturated heterocycles. The predicted octanol–water partition coefficient (Wildman–Crippen LogP) is 2.80. The summed E-state index contributed by atoms with van der Waals surface area (Å²) in [6, 6.07) is 8.72. The minimum atomic E-state index is 0.312. The molecular formula is C14H16N2. The molecule has 0 N–H and O–H groups in total. The fourth-order valence-corrected chi connectivity index (χ4v) is 2.55. The number of allylic oxidation sites excluding steroid dienone is 1. The van der Waals surface area contributed by atoms with Crippen molar-refractivity contribution in [3.05, 3.63) is 42.0 Å². The zero-order valence-corrected chi connectivity index (χ0v) is 9.34. The third kappa shape index (κ3) is 1.64. The lowest BCUT2D eigenvalue weighted by Crippen LogP contribution is -2.38. The zero-order valence-electron chi connectivity index (χ0n) is 9.34. The first kappa shape index (κ1) is 9.64. The molecule has 2 aliphatic rings. The molecule has 1 aromatic carbocycles. The van der Waals surface area contributed by atoms with Crippen molar-refractivity contribution in [2.45, 2.75) is 25.4 Å². The fraction of sp³-hybridized carbons (Fsp3) is 0.357. The summed E-state index contributed by atoms with van der Waals surface area (Å²) < 4.78 is 0. The Labute approximate surface area is 96.3 Å². The van der Waals surface area contributed by atoms with Crippen LogP contribution in [0.5, 0.6) is 0 Å². The molecular weight excluding hydrogens is 196 g/mol. The van der Waals surface area contributed by atoms with Crippen molar-refractivity contribution in [2.75, 3.05) is 11.4 Å². The van der Waals surface area contributed by atoms with E-state index in [4.69, 9.17) is 0 Å². The van der Waals surface area contributed by atoms with Crippen molar-refractivity contribution in [3.8, 4) is 0 Å². The van der Waals surface area contributed by atoms with Crippen molar-refractivity contribution in [1.82, 2.24) is 0 Å². The molecule has 0 spiro atoms. The van der Waals surface area contributed by atoms with Crippen LogP contribution in [-0.2, 0) is 6.42 Å². The van der Waals surface area contributed by atoms with Gasteiger partial charge >= 0.3 is 0 Å². The summed E-state index contributed by atoms with van der Waals surface area (Å²) in [6.45, 7) is 1.13. The summed E-state index contributed by atoms with van der Waals surface area (Å²) in [7, 11) is 0. The summed E-state index contributed by atoms with van der Waals surface area (Å²) in [5.74, 6) is 0. The highest BCUT2D eigenvalue weighted by atomic mass is 15.2. The molecule has 0 amide bonds. The van der Waals surface area contributed by atoms with Crippen molar-refractivity contribution in [2.24, 2.45) is 4.99 Å². The molecule has 0 bridgehead atoms. The Morgan fingerprint density at radius 2 is 2.19 bits per heavy atom. The summed E-state index contributed by atoms with van der Waals surface area (Å²) in [4.78, 5) is 7.01. The van der Waals surface area contributed by atoms with Crippen LogP contribution >= 0.6 is 0 Å². The van der Waals surface area contributed by atoms with E-state index >= 15 is 0 Å². The average Bonchev–Trinajstić information content (AvgIpc) is 2.39. The Kier molecular flexibility index (Phi) is 2.49.